The van der Waals surface area contributed by atoms with Crippen molar-refractivity contribution < 1.29 is 4.79 Å². The van der Waals surface area contributed by atoms with Crippen LogP contribution in [0.5, 0.6) is 0 Å². The van der Waals surface area contributed by atoms with Crippen LogP contribution in [0.25, 0.3) is 0 Å². The number of amides is 1. The van der Waals surface area contributed by atoms with Gasteiger partial charge in [0.1, 0.15) is 0 Å². The molecule has 5 heteroatoms. The van der Waals surface area contributed by atoms with Gasteiger partial charge in [-0.05, 0) is 46.7 Å². The molecule has 0 aromatic rings. The first-order valence-corrected chi connectivity index (χ1v) is 7.08. The van der Waals surface area contributed by atoms with Crippen molar-refractivity contribution in [2.45, 2.75) is 46.1 Å². The monoisotopic (exact) mass is 273 g/mol. The first-order chi connectivity index (χ1) is 8.40. The first kappa shape index (κ1) is 17.3. The van der Waals surface area contributed by atoms with Crippen molar-refractivity contribution in [3.63, 3.8) is 0 Å². The molecule has 106 valence electrons. The van der Waals surface area contributed by atoms with E-state index in [9.17, 15) is 4.79 Å². The second-order valence-corrected chi connectivity index (χ2v) is 5.41. The predicted octanol–water partition coefficient (Wildman–Crippen LogP) is 1.54. The molecule has 0 aliphatic rings. The van der Waals surface area contributed by atoms with E-state index in [1.54, 1.807) is 0 Å². The summed E-state index contributed by atoms with van der Waals surface area (Å²) in [5.74, 6) is -0.361. The minimum atomic E-state index is -0.321. The largest absolute Gasteiger partial charge is 0.393 e. The van der Waals surface area contributed by atoms with Crippen LogP contribution in [0.4, 0.5) is 0 Å². The van der Waals surface area contributed by atoms with Crippen LogP contribution in [0.2, 0.25) is 0 Å². The van der Waals surface area contributed by atoms with E-state index >= 15 is 0 Å². The SMILES string of the molecule is CCC(C(=O)NCCCCN(C)C(C)C)C(N)=S. The van der Waals surface area contributed by atoms with Gasteiger partial charge in [0, 0.05) is 12.6 Å². The van der Waals surface area contributed by atoms with Crippen molar-refractivity contribution in [1.29, 1.82) is 0 Å². The van der Waals surface area contributed by atoms with Crippen LogP contribution in [0, 0.1) is 5.92 Å². The molecule has 0 radical (unpaired) electrons. The molecule has 0 aromatic heterocycles. The highest BCUT2D eigenvalue weighted by Crippen LogP contribution is 2.03. The Morgan fingerprint density at radius 3 is 2.44 bits per heavy atom. The lowest BCUT2D eigenvalue weighted by Gasteiger charge is -2.20. The molecule has 0 fully saturated rings. The van der Waals surface area contributed by atoms with Gasteiger partial charge in [-0.1, -0.05) is 19.1 Å². The molecule has 3 N–H and O–H groups in total. The number of hydrogen-bond acceptors (Lipinski definition) is 3. The molecule has 0 saturated heterocycles. The minimum Gasteiger partial charge on any atom is -0.393 e. The molecule has 1 atom stereocenters. The summed E-state index contributed by atoms with van der Waals surface area (Å²) in [4.78, 5) is 14.3. The zero-order valence-electron chi connectivity index (χ0n) is 12.0. The summed E-state index contributed by atoms with van der Waals surface area (Å²) < 4.78 is 0. The molecule has 0 heterocycles. The lowest BCUT2D eigenvalue weighted by molar-refractivity contribution is -0.123. The molecular formula is C13H27N3OS. The van der Waals surface area contributed by atoms with Gasteiger partial charge in [0.2, 0.25) is 5.91 Å². The third kappa shape index (κ3) is 6.91. The molecule has 18 heavy (non-hydrogen) atoms. The summed E-state index contributed by atoms with van der Waals surface area (Å²) in [5, 5.41) is 2.89. The van der Waals surface area contributed by atoms with E-state index in [2.05, 4.69) is 31.1 Å². The normalized spacial score (nSPS) is 12.8. The first-order valence-electron chi connectivity index (χ1n) is 6.67. The number of rotatable bonds is 9. The zero-order chi connectivity index (χ0) is 14.1. The molecule has 4 nitrogen and oxygen atoms in total. The lowest BCUT2D eigenvalue weighted by atomic mass is 10.1. The van der Waals surface area contributed by atoms with Crippen LogP contribution in [0.15, 0.2) is 0 Å². The third-order valence-electron chi connectivity index (χ3n) is 3.19. The summed E-state index contributed by atoms with van der Waals surface area (Å²) in [7, 11) is 2.11. The Balaban J connectivity index is 3.72. The van der Waals surface area contributed by atoms with Gasteiger partial charge in [-0.2, -0.15) is 0 Å². The van der Waals surface area contributed by atoms with Gasteiger partial charge in [0.15, 0.2) is 0 Å². The molecule has 1 amide bonds. The summed E-state index contributed by atoms with van der Waals surface area (Å²) in [5.41, 5.74) is 5.52. The highest BCUT2D eigenvalue weighted by atomic mass is 32.1. The zero-order valence-corrected chi connectivity index (χ0v) is 12.8. The molecule has 1 unspecified atom stereocenters. The standard InChI is InChI=1S/C13H27N3OS/c1-5-11(12(14)18)13(17)15-8-6-7-9-16(4)10(2)3/h10-11H,5-9H2,1-4H3,(H2,14,18)(H,15,17). The summed E-state index contributed by atoms with van der Waals surface area (Å²) in [6, 6.07) is 0.568. The molecule has 0 aliphatic carbocycles. The predicted molar refractivity (Wildman–Crippen MR) is 80.6 cm³/mol. The fourth-order valence-corrected chi connectivity index (χ4v) is 1.87. The van der Waals surface area contributed by atoms with Crippen molar-refractivity contribution in [3.8, 4) is 0 Å². The van der Waals surface area contributed by atoms with Gasteiger partial charge in [0.25, 0.3) is 0 Å². The van der Waals surface area contributed by atoms with Crippen molar-refractivity contribution in [2.75, 3.05) is 20.1 Å². The van der Waals surface area contributed by atoms with Crippen LogP contribution in [0.1, 0.15) is 40.0 Å². The highest BCUT2D eigenvalue weighted by Gasteiger charge is 2.18. The van der Waals surface area contributed by atoms with E-state index in [0.29, 0.717) is 19.0 Å². The lowest BCUT2D eigenvalue weighted by Crippen LogP contribution is -2.38. The number of hydrogen-bond donors (Lipinski definition) is 2. The van der Waals surface area contributed by atoms with Crippen LogP contribution in [0.3, 0.4) is 0 Å². The Bertz CT molecular complexity index is 269. The summed E-state index contributed by atoms with van der Waals surface area (Å²) in [6.07, 6.45) is 2.73. The Hall–Kier alpha value is -0.680. The number of nitrogens with two attached hydrogens (primary N) is 1. The molecule has 0 rings (SSSR count). The minimum absolute atomic E-state index is 0.0396. The van der Waals surface area contributed by atoms with Crippen LogP contribution < -0.4 is 11.1 Å². The summed E-state index contributed by atoms with van der Waals surface area (Å²) >= 11 is 4.87. The van der Waals surface area contributed by atoms with Gasteiger partial charge in [0.05, 0.1) is 10.9 Å². The summed E-state index contributed by atoms with van der Waals surface area (Å²) in [6.45, 7) is 8.02. The number of thiocarbonyl (C=S) groups is 1. The fraction of sp³-hybridized carbons (Fsp3) is 0.846. The number of nitrogens with one attached hydrogen (secondary N) is 1. The highest BCUT2D eigenvalue weighted by molar-refractivity contribution is 7.80. The van der Waals surface area contributed by atoms with Gasteiger partial charge < -0.3 is 16.0 Å². The van der Waals surface area contributed by atoms with E-state index in [4.69, 9.17) is 18.0 Å². The van der Waals surface area contributed by atoms with Crippen molar-refractivity contribution in [1.82, 2.24) is 10.2 Å². The molecular weight excluding hydrogens is 246 g/mol. The van der Waals surface area contributed by atoms with E-state index in [-0.39, 0.29) is 16.8 Å². The Morgan fingerprint density at radius 1 is 1.39 bits per heavy atom. The van der Waals surface area contributed by atoms with Gasteiger partial charge in [-0.15, -0.1) is 0 Å². The maximum atomic E-state index is 11.7. The van der Waals surface area contributed by atoms with E-state index < -0.39 is 0 Å². The van der Waals surface area contributed by atoms with E-state index in [0.717, 1.165) is 19.4 Å². The molecule has 0 spiro atoms. The Labute approximate surface area is 116 Å². The average molecular weight is 273 g/mol. The van der Waals surface area contributed by atoms with E-state index in [1.165, 1.54) is 0 Å². The molecule has 0 aliphatic heterocycles. The topological polar surface area (TPSA) is 58.4 Å². The van der Waals surface area contributed by atoms with Crippen molar-refractivity contribution in [3.05, 3.63) is 0 Å². The second kappa shape index (κ2) is 9.28. The molecule has 0 aromatic carbocycles. The van der Waals surface area contributed by atoms with Crippen molar-refractivity contribution in [2.24, 2.45) is 11.7 Å². The van der Waals surface area contributed by atoms with E-state index in [1.807, 2.05) is 6.92 Å². The maximum Gasteiger partial charge on any atom is 0.229 e. The van der Waals surface area contributed by atoms with Crippen LogP contribution in [-0.2, 0) is 4.79 Å². The molecule has 0 bridgehead atoms. The van der Waals surface area contributed by atoms with Gasteiger partial charge >= 0.3 is 0 Å². The molecule has 0 saturated carbocycles. The number of unbranched alkanes of at least 4 members (excludes halogenated alkanes) is 1. The van der Waals surface area contributed by atoms with Gasteiger partial charge in [-0.25, -0.2) is 0 Å². The van der Waals surface area contributed by atoms with Crippen molar-refractivity contribution >= 4 is 23.1 Å². The average Bonchev–Trinajstić information content (AvgIpc) is 2.28. The van der Waals surface area contributed by atoms with Crippen LogP contribution >= 0.6 is 12.2 Å². The second-order valence-electron chi connectivity index (χ2n) is 4.94. The Morgan fingerprint density at radius 2 is 2.00 bits per heavy atom. The quantitative estimate of drug-likeness (QED) is 0.494. The number of carbonyl (C=O) groups is 1. The van der Waals surface area contributed by atoms with Gasteiger partial charge in [-0.3, -0.25) is 4.79 Å². The maximum absolute atomic E-state index is 11.7. The third-order valence-corrected chi connectivity index (χ3v) is 3.47. The number of carbonyl (C=O) groups excluding carboxylic acids is 1. The van der Waals surface area contributed by atoms with Crippen LogP contribution in [-0.4, -0.2) is 42.0 Å². The smallest absolute Gasteiger partial charge is 0.229 e. The Kier molecular flexibility index (Phi) is 8.93. The fourth-order valence-electron chi connectivity index (χ4n) is 1.59. The number of nitrogens with zero attached hydrogens (tertiary/aromatic N) is 1.